The van der Waals surface area contributed by atoms with Crippen molar-refractivity contribution in [3.63, 3.8) is 0 Å². The number of hydrogen-bond acceptors (Lipinski definition) is 13. The second kappa shape index (κ2) is 18.4. The number of ether oxygens (including phenoxy) is 7. The fraction of sp³-hybridized carbons (Fsp3) is 0.756. The molecule has 0 aromatic heterocycles. The molecule has 310 valence electrons. The van der Waals surface area contributed by atoms with Gasteiger partial charge in [-0.15, -0.1) is 0 Å². The van der Waals surface area contributed by atoms with Crippen LogP contribution in [-0.2, 0) is 47.5 Å². The molecule has 1 amide bonds. The number of cyclic esters (lactones) is 1. The summed E-state index contributed by atoms with van der Waals surface area (Å²) < 4.78 is 43.2. The van der Waals surface area contributed by atoms with E-state index in [0.717, 1.165) is 0 Å². The second-order valence-corrected chi connectivity index (χ2v) is 16.4. The quantitative estimate of drug-likeness (QED) is 0.256. The number of Topliss-reactive ketones (excluding diaryl/α,β-unsaturated/α-hetero) is 1. The van der Waals surface area contributed by atoms with E-state index in [1.807, 2.05) is 44.1 Å². The number of benzene rings is 1. The molecule has 3 heterocycles. The van der Waals surface area contributed by atoms with Crippen molar-refractivity contribution in [3.05, 3.63) is 35.9 Å². The lowest BCUT2D eigenvalue weighted by molar-refractivity contribution is -0.301. The number of esters is 2. The van der Waals surface area contributed by atoms with Gasteiger partial charge < -0.3 is 48.5 Å². The van der Waals surface area contributed by atoms with Gasteiger partial charge in [0.05, 0.1) is 36.4 Å². The van der Waals surface area contributed by atoms with Crippen LogP contribution < -0.4 is 5.32 Å². The van der Waals surface area contributed by atoms with Crippen molar-refractivity contribution >= 4 is 23.8 Å². The van der Waals surface area contributed by atoms with E-state index in [4.69, 9.17) is 33.2 Å². The summed E-state index contributed by atoms with van der Waals surface area (Å²) in [6.45, 7) is 14.1. The van der Waals surface area contributed by atoms with Crippen molar-refractivity contribution in [3.8, 4) is 0 Å². The van der Waals surface area contributed by atoms with Gasteiger partial charge in [0.25, 0.3) is 0 Å². The maximum absolute atomic E-state index is 14.4. The third kappa shape index (κ3) is 9.53. The number of aliphatic hydroxyl groups is 1. The van der Waals surface area contributed by atoms with Crippen LogP contribution in [0.1, 0.15) is 86.1 Å². The number of amides is 1. The number of likely N-dealkylation sites (N-methyl/N-ethyl adjacent to an activating group) is 1. The number of ketones is 1. The molecule has 2 N–H and O–H groups in total. The van der Waals surface area contributed by atoms with Gasteiger partial charge in [-0.1, -0.05) is 58.0 Å². The molecule has 2 unspecified atom stereocenters. The van der Waals surface area contributed by atoms with Crippen LogP contribution in [-0.4, -0.2) is 129 Å². The Morgan fingerprint density at radius 3 is 2.27 bits per heavy atom. The van der Waals surface area contributed by atoms with Crippen LogP contribution in [0.4, 0.5) is 4.79 Å². The van der Waals surface area contributed by atoms with Gasteiger partial charge in [-0.2, -0.15) is 0 Å². The van der Waals surface area contributed by atoms with E-state index >= 15 is 0 Å². The molecule has 15 atom stereocenters. The van der Waals surface area contributed by atoms with Crippen molar-refractivity contribution < 1.29 is 57.4 Å². The molecule has 55 heavy (non-hydrogen) atoms. The summed E-state index contributed by atoms with van der Waals surface area (Å²) in [5.41, 5.74) is -2.00. The minimum absolute atomic E-state index is 0.0121. The third-order valence-corrected chi connectivity index (χ3v) is 12.2. The van der Waals surface area contributed by atoms with E-state index in [9.17, 15) is 24.3 Å². The number of rotatable bonds is 10. The molecular weight excluding hydrogens is 712 g/mol. The molecule has 0 bridgehead atoms. The predicted molar refractivity (Wildman–Crippen MR) is 202 cm³/mol. The lowest BCUT2D eigenvalue weighted by Gasteiger charge is -2.48. The summed E-state index contributed by atoms with van der Waals surface area (Å²) in [7, 11) is 6.75. The van der Waals surface area contributed by atoms with Crippen molar-refractivity contribution in [2.75, 3.05) is 34.9 Å². The zero-order valence-electron chi connectivity index (χ0n) is 34.6. The zero-order valence-corrected chi connectivity index (χ0v) is 34.6. The minimum atomic E-state index is -1.39. The van der Waals surface area contributed by atoms with Gasteiger partial charge >= 0.3 is 18.0 Å². The Balaban J connectivity index is 1.88. The van der Waals surface area contributed by atoms with Crippen molar-refractivity contribution in [2.45, 2.75) is 141 Å². The Labute approximate surface area is 326 Å². The molecular formula is C41H64N2O12. The van der Waals surface area contributed by atoms with Crippen LogP contribution in [0.25, 0.3) is 0 Å². The molecule has 0 saturated carbocycles. The molecule has 3 aliphatic rings. The highest BCUT2D eigenvalue weighted by molar-refractivity contribution is 5.85. The van der Waals surface area contributed by atoms with E-state index in [1.165, 1.54) is 14.2 Å². The first-order chi connectivity index (χ1) is 25.8. The summed E-state index contributed by atoms with van der Waals surface area (Å²) in [5, 5.41) is 14.4. The fourth-order valence-corrected chi connectivity index (χ4v) is 8.90. The third-order valence-electron chi connectivity index (χ3n) is 12.2. The lowest BCUT2D eigenvalue weighted by atomic mass is 9.73. The largest absolute Gasteiger partial charge is 0.461 e. The Kier molecular flexibility index (Phi) is 14.9. The first-order valence-electron chi connectivity index (χ1n) is 19.5. The Hall–Kier alpha value is -3.14. The summed E-state index contributed by atoms with van der Waals surface area (Å²) in [6.07, 6.45) is -5.44. The van der Waals surface area contributed by atoms with E-state index in [0.29, 0.717) is 12.0 Å². The zero-order chi connectivity index (χ0) is 41.0. The van der Waals surface area contributed by atoms with Crippen LogP contribution >= 0.6 is 0 Å². The van der Waals surface area contributed by atoms with Gasteiger partial charge in [-0.25, -0.2) is 4.79 Å². The number of alkyl carbamates (subject to hydrolysis) is 1. The minimum Gasteiger partial charge on any atom is -0.461 e. The van der Waals surface area contributed by atoms with Crippen LogP contribution in [0.15, 0.2) is 30.3 Å². The normalized spacial score (nSPS) is 39.6. The van der Waals surface area contributed by atoms with Crippen molar-refractivity contribution in [2.24, 2.45) is 23.7 Å². The number of aliphatic hydroxyl groups excluding tert-OH is 1. The molecule has 0 aliphatic carbocycles. The number of carbonyl (C=O) groups is 4. The number of nitrogens with one attached hydrogen (secondary N) is 1. The highest BCUT2D eigenvalue weighted by atomic mass is 16.7. The van der Waals surface area contributed by atoms with Crippen molar-refractivity contribution in [1.29, 1.82) is 0 Å². The second-order valence-electron chi connectivity index (χ2n) is 16.4. The molecule has 1 aromatic rings. The molecule has 1 aromatic carbocycles. The molecule has 3 aliphatic heterocycles. The van der Waals surface area contributed by atoms with Crippen LogP contribution in [0.2, 0.25) is 0 Å². The summed E-state index contributed by atoms with van der Waals surface area (Å²) in [4.78, 5) is 57.8. The molecule has 0 radical (unpaired) electrons. The first kappa shape index (κ1) is 44.6. The monoisotopic (exact) mass is 776 g/mol. The highest BCUT2D eigenvalue weighted by Crippen LogP contribution is 2.42. The van der Waals surface area contributed by atoms with Gasteiger partial charge in [0.1, 0.15) is 30.0 Å². The van der Waals surface area contributed by atoms with Gasteiger partial charge in [0, 0.05) is 38.0 Å². The maximum atomic E-state index is 14.4. The smallest absolute Gasteiger partial charge is 0.408 e. The van der Waals surface area contributed by atoms with Crippen LogP contribution in [0.3, 0.4) is 0 Å². The molecule has 0 spiro atoms. The number of hydrogen-bond donors (Lipinski definition) is 2. The predicted octanol–water partition coefficient (Wildman–Crippen LogP) is 4.25. The maximum Gasteiger partial charge on any atom is 0.408 e. The number of methoxy groups -OCH3 is 2. The van der Waals surface area contributed by atoms with Crippen LogP contribution in [0.5, 0.6) is 0 Å². The molecule has 4 rings (SSSR count). The SMILES string of the molecule is CC[C@H]1OC(=O)[C@H](C)[C@@H](OC(=O)C(COC)c2ccccc2)[C@H](C)[C@@H](O[C@@H]2O[C@H](C)C[C@H](N(C)C)[C@H]2O)C(C)(OC)C[C@@H](C)C(=O)[C@H](C)[C@H]2NC(=O)O[C@@]21C. The molecule has 3 saturated heterocycles. The van der Waals surface area contributed by atoms with E-state index < -0.39 is 95.6 Å². The number of nitrogens with zero attached hydrogens (tertiary/aromatic N) is 1. The summed E-state index contributed by atoms with van der Waals surface area (Å²) in [6, 6.07) is 7.95. The topological polar surface area (TPSA) is 168 Å². The van der Waals surface area contributed by atoms with Gasteiger partial charge in [-0.3, -0.25) is 14.4 Å². The molecule has 14 nitrogen and oxygen atoms in total. The standard InChI is InChI=1S/C41H64N2O12/c1-13-30-41(8)34(42-39(48)55-41)24(4)31(44)22(2)20-40(7,50-12)35(54-38-32(45)29(43(9)10)19-23(3)51-38)25(5)33(26(6)36(46)52-30)53-37(47)28(21-49-11)27-17-15-14-16-18-27/h14-18,22-26,28-30,32-35,38,45H,13,19-21H2,1-12H3,(H,42,48)/t22-,23-,24+,25+,26-,28?,29+,30-,32-,33+,34-,35-,38+,40?,41-/m1/s1. The average molecular weight is 777 g/mol. The average Bonchev–Trinajstić information content (AvgIpc) is 3.47. The van der Waals surface area contributed by atoms with Crippen molar-refractivity contribution in [1.82, 2.24) is 10.2 Å². The van der Waals surface area contributed by atoms with E-state index in [-0.39, 0.29) is 37.4 Å². The van der Waals surface area contributed by atoms with E-state index in [1.54, 1.807) is 60.6 Å². The molecule has 14 heteroatoms. The van der Waals surface area contributed by atoms with Gasteiger partial charge in [-0.05, 0) is 66.6 Å². The highest BCUT2D eigenvalue weighted by Gasteiger charge is 2.57. The Bertz CT molecular complexity index is 1480. The van der Waals surface area contributed by atoms with Gasteiger partial charge in [0.15, 0.2) is 11.9 Å². The molecule has 3 fully saturated rings. The fourth-order valence-electron chi connectivity index (χ4n) is 8.90. The van der Waals surface area contributed by atoms with E-state index in [2.05, 4.69) is 5.32 Å². The lowest BCUT2D eigenvalue weighted by Crippen LogP contribution is -2.61. The number of fused-ring (bicyclic) bond motifs is 1. The Morgan fingerprint density at radius 2 is 1.69 bits per heavy atom. The summed E-state index contributed by atoms with van der Waals surface area (Å²) in [5.74, 6) is -5.64. The Morgan fingerprint density at radius 1 is 1.04 bits per heavy atom. The first-order valence-corrected chi connectivity index (χ1v) is 19.5. The van der Waals surface area contributed by atoms with Crippen LogP contribution in [0, 0.1) is 23.7 Å². The van der Waals surface area contributed by atoms with Gasteiger partial charge in [0.2, 0.25) is 0 Å². The number of carbonyl (C=O) groups excluding carboxylic acids is 4. The summed E-state index contributed by atoms with van der Waals surface area (Å²) >= 11 is 0.